The van der Waals surface area contributed by atoms with Gasteiger partial charge in [-0.15, -0.1) is 11.3 Å². The maximum atomic E-state index is 12.3. The summed E-state index contributed by atoms with van der Waals surface area (Å²) in [5.41, 5.74) is 3.40. The van der Waals surface area contributed by atoms with Gasteiger partial charge in [0.2, 0.25) is 17.6 Å². The van der Waals surface area contributed by atoms with Crippen molar-refractivity contribution < 1.29 is 9.32 Å². The Morgan fingerprint density at radius 3 is 2.52 bits per heavy atom. The lowest BCUT2D eigenvalue weighted by Crippen LogP contribution is -2.26. The molecule has 5 nitrogen and oxygen atoms in total. The summed E-state index contributed by atoms with van der Waals surface area (Å²) >= 11 is 1.55. The van der Waals surface area contributed by atoms with Crippen LogP contribution in [-0.4, -0.2) is 16.0 Å². The lowest BCUT2D eigenvalue weighted by atomic mass is 10.0. The zero-order chi connectivity index (χ0) is 20.1. The second-order valence-corrected chi connectivity index (χ2v) is 7.71. The number of nitrogens with one attached hydrogen (secondary N) is 1. The number of aromatic nitrogens is 2. The molecule has 146 valence electrons. The minimum absolute atomic E-state index is 0.0412. The van der Waals surface area contributed by atoms with E-state index in [1.165, 1.54) is 5.56 Å². The molecule has 0 fully saturated rings. The van der Waals surface area contributed by atoms with Crippen LogP contribution in [0.1, 0.15) is 30.8 Å². The van der Waals surface area contributed by atoms with Crippen LogP contribution in [0.15, 0.2) is 76.6 Å². The predicted molar refractivity (Wildman–Crippen MR) is 114 cm³/mol. The minimum Gasteiger partial charge on any atom is -0.350 e. The molecule has 1 unspecified atom stereocenters. The number of hydrogen-bond donors (Lipinski definition) is 1. The van der Waals surface area contributed by atoms with E-state index in [4.69, 9.17) is 4.52 Å². The van der Waals surface area contributed by atoms with E-state index < -0.39 is 0 Å². The monoisotopic (exact) mass is 403 g/mol. The lowest BCUT2D eigenvalue weighted by Gasteiger charge is -2.14. The van der Waals surface area contributed by atoms with Crippen molar-refractivity contribution in [1.29, 1.82) is 0 Å². The zero-order valence-electron chi connectivity index (χ0n) is 16.0. The fourth-order valence-corrected chi connectivity index (χ4v) is 3.72. The molecule has 4 aromatic rings. The summed E-state index contributed by atoms with van der Waals surface area (Å²) in [5.74, 6) is 1.01. The molecule has 2 aromatic carbocycles. The number of carbonyl (C=O) groups is 1. The van der Waals surface area contributed by atoms with Crippen LogP contribution in [0.4, 0.5) is 0 Å². The van der Waals surface area contributed by atoms with Crippen molar-refractivity contribution >= 4 is 17.2 Å². The van der Waals surface area contributed by atoms with Crippen molar-refractivity contribution in [2.75, 3.05) is 0 Å². The van der Waals surface area contributed by atoms with Crippen molar-refractivity contribution in [3.05, 3.63) is 83.6 Å². The standard InChI is InChI=1S/C23H21N3O2S/c1-16(17-9-11-19(12-10-17)18-6-3-2-4-7-18)24-21(27)13-14-22-25-23(26-28-22)20-8-5-15-29-20/h2-12,15-16H,13-14H2,1H3,(H,24,27). The lowest BCUT2D eigenvalue weighted by molar-refractivity contribution is -0.121. The first-order chi connectivity index (χ1) is 14.2. The highest BCUT2D eigenvalue weighted by molar-refractivity contribution is 7.13. The van der Waals surface area contributed by atoms with E-state index in [1.54, 1.807) is 11.3 Å². The molecular formula is C23H21N3O2S. The van der Waals surface area contributed by atoms with E-state index in [1.807, 2.05) is 42.6 Å². The van der Waals surface area contributed by atoms with Crippen molar-refractivity contribution in [2.24, 2.45) is 0 Å². The summed E-state index contributed by atoms with van der Waals surface area (Å²) in [5, 5.41) is 8.97. The van der Waals surface area contributed by atoms with Crippen LogP contribution >= 0.6 is 11.3 Å². The third-order valence-electron chi connectivity index (χ3n) is 4.67. The highest BCUT2D eigenvalue weighted by Crippen LogP contribution is 2.23. The minimum atomic E-state index is -0.0725. The second-order valence-electron chi connectivity index (χ2n) is 6.77. The van der Waals surface area contributed by atoms with Gasteiger partial charge in [-0.3, -0.25) is 4.79 Å². The number of carbonyl (C=O) groups excluding carboxylic acids is 1. The molecule has 0 radical (unpaired) electrons. The summed E-state index contributed by atoms with van der Waals surface area (Å²) < 4.78 is 5.25. The van der Waals surface area contributed by atoms with Gasteiger partial charge in [-0.1, -0.05) is 65.8 Å². The number of benzene rings is 2. The van der Waals surface area contributed by atoms with Crippen molar-refractivity contribution in [3.8, 4) is 21.8 Å². The predicted octanol–water partition coefficient (Wildman–Crippen LogP) is 5.28. The van der Waals surface area contributed by atoms with Gasteiger partial charge in [0, 0.05) is 12.8 Å². The number of hydrogen-bond acceptors (Lipinski definition) is 5. The molecule has 1 amide bonds. The zero-order valence-corrected chi connectivity index (χ0v) is 16.9. The van der Waals surface area contributed by atoms with E-state index in [0.29, 0.717) is 24.6 Å². The van der Waals surface area contributed by atoms with Gasteiger partial charge in [0.05, 0.1) is 10.9 Å². The Morgan fingerprint density at radius 1 is 1.03 bits per heavy atom. The SMILES string of the molecule is CC(NC(=O)CCc1nc(-c2cccs2)no1)c1ccc(-c2ccccc2)cc1. The van der Waals surface area contributed by atoms with Gasteiger partial charge in [0.15, 0.2) is 0 Å². The van der Waals surface area contributed by atoms with Gasteiger partial charge in [0.25, 0.3) is 0 Å². The Morgan fingerprint density at radius 2 is 1.79 bits per heavy atom. The maximum Gasteiger partial charge on any atom is 0.227 e. The normalized spacial score (nSPS) is 11.9. The summed E-state index contributed by atoms with van der Waals surface area (Å²) in [6.07, 6.45) is 0.725. The highest BCUT2D eigenvalue weighted by atomic mass is 32.1. The highest BCUT2D eigenvalue weighted by Gasteiger charge is 2.13. The quantitative estimate of drug-likeness (QED) is 0.456. The Labute approximate surface area is 173 Å². The summed E-state index contributed by atoms with van der Waals surface area (Å²) in [6, 6.07) is 22.3. The number of thiophene rings is 1. The fraction of sp³-hybridized carbons (Fsp3) is 0.174. The molecule has 1 atom stereocenters. The topological polar surface area (TPSA) is 68.0 Å². The van der Waals surface area contributed by atoms with Gasteiger partial charge >= 0.3 is 0 Å². The molecule has 2 heterocycles. The second kappa shape index (κ2) is 8.84. The van der Waals surface area contributed by atoms with Gasteiger partial charge in [0.1, 0.15) is 0 Å². The number of aryl methyl sites for hydroxylation is 1. The summed E-state index contributed by atoms with van der Waals surface area (Å²) in [4.78, 5) is 17.6. The molecule has 0 saturated heterocycles. The average molecular weight is 404 g/mol. The van der Waals surface area contributed by atoms with Crippen LogP contribution in [0.2, 0.25) is 0 Å². The molecule has 0 aliphatic heterocycles. The van der Waals surface area contributed by atoms with Crippen LogP contribution in [0.3, 0.4) is 0 Å². The summed E-state index contributed by atoms with van der Waals surface area (Å²) in [6.45, 7) is 1.98. The van der Waals surface area contributed by atoms with Gasteiger partial charge < -0.3 is 9.84 Å². The first-order valence-corrected chi connectivity index (χ1v) is 10.4. The van der Waals surface area contributed by atoms with Crippen LogP contribution in [-0.2, 0) is 11.2 Å². The number of rotatable bonds is 7. The third-order valence-corrected chi connectivity index (χ3v) is 5.54. The Bertz CT molecular complexity index is 1060. The van der Waals surface area contributed by atoms with E-state index in [9.17, 15) is 4.79 Å². The molecule has 6 heteroatoms. The van der Waals surface area contributed by atoms with Crippen molar-refractivity contribution in [1.82, 2.24) is 15.5 Å². The molecule has 2 aromatic heterocycles. The molecule has 0 spiro atoms. The Kier molecular flexibility index (Phi) is 5.81. The molecule has 0 saturated carbocycles. The molecule has 4 rings (SSSR count). The number of amides is 1. The van der Waals surface area contributed by atoms with E-state index in [0.717, 1.165) is 16.0 Å². The average Bonchev–Trinajstić information content (AvgIpc) is 3.45. The Balaban J connectivity index is 1.30. The van der Waals surface area contributed by atoms with Crippen molar-refractivity contribution in [2.45, 2.75) is 25.8 Å². The molecule has 29 heavy (non-hydrogen) atoms. The third kappa shape index (κ3) is 4.78. The van der Waals surface area contributed by atoms with Crippen LogP contribution in [0.25, 0.3) is 21.8 Å². The van der Waals surface area contributed by atoms with Crippen molar-refractivity contribution in [3.63, 3.8) is 0 Å². The first kappa shape index (κ1) is 19.1. The Hall–Kier alpha value is -3.25. The summed E-state index contributed by atoms with van der Waals surface area (Å²) in [7, 11) is 0. The molecular weight excluding hydrogens is 382 g/mol. The first-order valence-electron chi connectivity index (χ1n) is 9.50. The molecule has 0 aliphatic rings. The molecule has 1 N–H and O–H groups in total. The largest absolute Gasteiger partial charge is 0.350 e. The molecule has 0 aliphatic carbocycles. The van der Waals surface area contributed by atoms with E-state index in [-0.39, 0.29) is 11.9 Å². The van der Waals surface area contributed by atoms with Crippen LogP contribution in [0.5, 0.6) is 0 Å². The smallest absolute Gasteiger partial charge is 0.227 e. The van der Waals surface area contributed by atoms with Gasteiger partial charge in [-0.05, 0) is 35.1 Å². The van der Waals surface area contributed by atoms with E-state index >= 15 is 0 Å². The fourth-order valence-electron chi connectivity index (χ4n) is 3.07. The molecule has 0 bridgehead atoms. The van der Waals surface area contributed by atoms with Gasteiger partial charge in [-0.2, -0.15) is 4.98 Å². The number of nitrogens with zero attached hydrogens (tertiary/aromatic N) is 2. The van der Waals surface area contributed by atoms with Crippen LogP contribution < -0.4 is 5.32 Å². The van der Waals surface area contributed by atoms with E-state index in [2.05, 4.69) is 51.9 Å². The van der Waals surface area contributed by atoms with Crippen LogP contribution in [0, 0.1) is 0 Å². The van der Waals surface area contributed by atoms with Gasteiger partial charge in [-0.25, -0.2) is 0 Å². The maximum absolute atomic E-state index is 12.3.